The Bertz CT molecular complexity index is 994. The summed E-state index contributed by atoms with van der Waals surface area (Å²) in [6.07, 6.45) is 0. The van der Waals surface area contributed by atoms with Crippen molar-refractivity contribution in [3.05, 3.63) is 58.8 Å². The van der Waals surface area contributed by atoms with Gasteiger partial charge in [-0.2, -0.15) is 0 Å². The van der Waals surface area contributed by atoms with Crippen molar-refractivity contribution < 1.29 is 19.0 Å². The molecule has 30 heavy (non-hydrogen) atoms. The van der Waals surface area contributed by atoms with Crippen LogP contribution in [0.2, 0.25) is 0 Å². The molecule has 1 aliphatic heterocycles. The monoisotopic (exact) mass is 427 g/mol. The van der Waals surface area contributed by atoms with Crippen LogP contribution < -0.4 is 30.2 Å². The van der Waals surface area contributed by atoms with Gasteiger partial charge in [0.15, 0.2) is 16.6 Å². The van der Waals surface area contributed by atoms with Gasteiger partial charge in [0.05, 0.1) is 32.9 Å². The quantitative estimate of drug-likeness (QED) is 0.609. The minimum absolute atomic E-state index is 0.233. The second-order valence-corrected chi connectivity index (χ2v) is 7.21. The lowest BCUT2D eigenvalue weighted by Gasteiger charge is -2.31. The molecule has 0 saturated carbocycles. The molecular weight excluding hydrogens is 402 g/mol. The maximum atomic E-state index is 13.3. The predicted molar refractivity (Wildman–Crippen MR) is 120 cm³/mol. The molecule has 158 valence electrons. The summed E-state index contributed by atoms with van der Waals surface area (Å²) in [6, 6.07) is 10.7. The molecule has 1 heterocycles. The Morgan fingerprint density at radius 1 is 1.03 bits per heavy atom. The van der Waals surface area contributed by atoms with E-state index in [-0.39, 0.29) is 5.91 Å². The largest absolute Gasteiger partial charge is 0.493 e. The highest BCUT2D eigenvalue weighted by Crippen LogP contribution is 2.41. The molecule has 0 aliphatic carbocycles. The zero-order valence-electron chi connectivity index (χ0n) is 17.6. The summed E-state index contributed by atoms with van der Waals surface area (Å²) in [5.41, 5.74) is 3.66. The number of amides is 1. The highest BCUT2D eigenvalue weighted by Gasteiger charge is 2.31. The minimum atomic E-state index is -0.503. The molecule has 0 spiro atoms. The molecule has 0 saturated heterocycles. The third kappa shape index (κ3) is 4.18. The molecular formula is C22H25N3O4S. The normalized spacial score (nSPS) is 15.8. The van der Waals surface area contributed by atoms with Crippen LogP contribution in [0.4, 0.5) is 5.69 Å². The first-order valence-electron chi connectivity index (χ1n) is 9.34. The van der Waals surface area contributed by atoms with Crippen LogP contribution in [-0.2, 0) is 4.79 Å². The maximum Gasteiger partial charge on any atom is 0.255 e. The van der Waals surface area contributed by atoms with Gasteiger partial charge in [-0.1, -0.05) is 18.2 Å². The number of allylic oxidation sites excluding steroid dienone is 1. The Morgan fingerprint density at radius 2 is 1.67 bits per heavy atom. The standard InChI is InChI=1S/C22H25N3O4S/c1-12-8-6-7-9-15(12)24-21(26)18-13(2)23-22(30)25-19(18)14-10-16(27-3)20(29-5)17(11-14)28-4/h6-11,19H,1-5H3,(H,24,26)(H2,23,25,30). The van der Waals surface area contributed by atoms with E-state index in [0.29, 0.717) is 33.6 Å². The van der Waals surface area contributed by atoms with Crippen LogP contribution in [0.1, 0.15) is 24.1 Å². The number of aryl methyl sites for hydroxylation is 1. The molecule has 8 heteroatoms. The van der Waals surface area contributed by atoms with Crippen molar-refractivity contribution >= 4 is 28.9 Å². The van der Waals surface area contributed by atoms with E-state index in [1.54, 1.807) is 33.5 Å². The van der Waals surface area contributed by atoms with Gasteiger partial charge in [0.2, 0.25) is 5.75 Å². The molecule has 0 aromatic heterocycles. The minimum Gasteiger partial charge on any atom is -0.493 e. The van der Waals surface area contributed by atoms with E-state index in [9.17, 15) is 4.79 Å². The molecule has 3 rings (SSSR count). The molecule has 1 unspecified atom stereocenters. The molecule has 7 nitrogen and oxygen atoms in total. The predicted octanol–water partition coefficient (Wildman–Crippen LogP) is 3.45. The van der Waals surface area contributed by atoms with E-state index >= 15 is 0 Å². The number of ether oxygens (including phenoxy) is 3. The lowest BCUT2D eigenvalue weighted by Crippen LogP contribution is -2.45. The number of thiocarbonyl (C=S) groups is 1. The third-order valence-corrected chi connectivity index (χ3v) is 5.15. The van der Waals surface area contributed by atoms with Crippen molar-refractivity contribution in [3.63, 3.8) is 0 Å². The first kappa shape index (κ1) is 21.4. The average molecular weight is 428 g/mol. The lowest BCUT2D eigenvalue weighted by molar-refractivity contribution is -0.113. The first-order chi connectivity index (χ1) is 14.4. The number of carbonyl (C=O) groups excluding carboxylic acids is 1. The number of para-hydroxylation sites is 1. The molecule has 0 bridgehead atoms. The van der Waals surface area contributed by atoms with Crippen molar-refractivity contribution in [2.45, 2.75) is 19.9 Å². The molecule has 1 atom stereocenters. The van der Waals surface area contributed by atoms with Gasteiger partial charge in [0, 0.05) is 11.4 Å². The van der Waals surface area contributed by atoms with E-state index in [1.807, 2.05) is 38.1 Å². The number of hydrogen-bond donors (Lipinski definition) is 3. The highest BCUT2D eigenvalue weighted by molar-refractivity contribution is 7.80. The third-order valence-electron chi connectivity index (χ3n) is 4.93. The zero-order chi connectivity index (χ0) is 21.8. The Labute approximate surface area is 181 Å². The van der Waals surface area contributed by atoms with Gasteiger partial charge in [-0.15, -0.1) is 0 Å². The van der Waals surface area contributed by atoms with Crippen molar-refractivity contribution in [1.29, 1.82) is 0 Å². The summed E-state index contributed by atoms with van der Waals surface area (Å²) < 4.78 is 16.4. The Morgan fingerprint density at radius 3 is 2.23 bits per heavy atom. The van der Waals surface area contributed by atoms with Crippen molar-refractivity contribution in [2.24, 2.45) is 0 Å². The summed E-state index contributed by atoms with van der Waals surface area (Å²) in [6.45, 7) is 3.77. The number of rotatable bonds is 6. The van der Waals surface area contributed by atoms with E-state index in [4.69, 9.17) is 26.4 Å². The van der Waals surface area contributed by atoms with Crippen molar-refractivity contribution in [3.8, 4) is 17.2 Å². The fourth-order valence-corrected chi connectivity index (χ4v) is 3.69. The van der Waals surface area contributed by atoms with Gasteiger partial charge in [-0.25, -0.2) is 0 Å². The summed E-state index contributed by atoms with van der Waals surface area (Å²) in [7, 11) is 4.64. The van der Waals surface area contributed by atoms with Gasteiger partial charge < -0.3 is 30.2 Å². The van der Waals surface area contributed by atoms with Crippen LogP contribution in [0, 0.1) is 6.92 Å². The van der Waals surface area contributed by atoms with Gasteiger partial charge in [0.25, 0.3) is 5.91 Å². The number of carbonyl (C=O) groups is 1. The number of benzene rings is 2. The van der Waals surface area contributed by atoms with Crippen LogP contribution in [0.15, 0.2) is 47.7 Å². The topological polar surface area (TPSA) is 80.9 Å². The van der Waals surface area contributed by atoms with E-state index < -0.39 is 6.04 Å². The number of methoxy groups -OCH3 is 3. The molecule has 2 aromatic carbocycles. The van der Waals surface area contributed by atoms with Crippen LogP contribution in [0.25, 0.3) is 0 Å². The molecule has 0 radical (unpaired) electrons. The summed E-state index contributed by atoms with van der Waals surface area (Å²) in [4.78, 5) is 13.3. The SMILES string of the molecule is COc1cc(C2NC(=S)NC(C)=C2C(=O)Nc2ccccc2C)cc(OC)c1OC. The smallest absolute Gasteiger partial charge is 0.255 e. The van der Waals surface area contributed by atoms with E-state index in [2.05, 4.69) is 16.0 Å². The van der Waals surface area contributed by atoms with Gasteiger partial charge in [-0.05, 0) is 55.4 Å². The fraction of sp³-hybridized carbons (Fsp3) is 0.273. The molecule has 3 N–H and O–H groups in total. The van der Waals surface area contributed by atoms with Crippen LogP contribution in [-0.4, -0.2) is 32.3 Å². The lowest BCUT2D eigenvalue weighted by atomic mass is 9.94. The highest BCUT2D eigenvalue weighted by atomic mass is 32.1. The fourth-order valence-electron chi connectivity index (χ4n) is 3.42. The molecule has 0 fully saturated rings. The number of anilines is 1. The summed E-state index contributed by atoms with van der Waals surface area (Å²) >= 11 is 5.35. The van der Waals surface area contributed by atoms with Gasteiger partial charge >= 0.3 is 0 Å². The molecule has 1 aliphatic rings. The Hall–Kier alpha value is -3.26. The Kier molecular flexibility index (Phi) is 6.47. The second kappa shape index (κ2) is 9.04. The average Bonchev–Trinajstić information content (AvgIpc) is 2.73. The molecule has 1 amide bonds. The number of nitrogens with one attached hydrogen (secondary N) is 3. The van der Waals surface area contributed by atoms with Crippen LogP contribution in [0.5, 0.6) is 17.2 Å². The maximum absolute atomic E-state index is 13.3. The summed E-state index contributed by atoms with van der Waals surface area (Å²) in [5, 5.41) is 9.65. The second-order valence-electron chi connectivity index (χ2n) is 6.80. The summed E-state index contributed by atoms with van der Waals surface area (Å²) in [5.74, 6) is 1.23. The van der Waals surface area contributed by atoms with Gasteiger partial charge in [0.1, 0.15) is 0 Å². The zero-order valence-corrected chi connectivity index (χ0v) is 18.4. The van der Waals surface area contributed by atoms with E-state index in [1.165, 1.54) is 0 Å². The van der Waals surface area contributed by atoms with E-state index in [0.717, 1.165) is 16.8 Å². The van der Waals surface area contributed by atoms with Crippen LogP contribution in [0.3, 0.4) is 0 Å². The van der Waals surface area contributed by atoms with Crippen molar-refractivity contribution in [2.75, 3.05) is 26.6 Å². The van der Waals surface area contributed by atoms with Crippen molar-refractivity contribution in [1.82, 2.24) is 10.6 Å². The van der Waals surface area contributed by atoms with Crippen LogP contribution >= 0.6 is 12.2 Å². The molecule has 2 aromatic rings. The Balaban J connectivity index is 2.06. The van der Waals surface area contributed by atoms with Gasteiger partial charge in [-0.3, -0.25) is 4.79 Å². The first-order valence-corrected chi connectivity index (χ1v) is 9.75. The number of hydrogen-bond acceptors (Lipinski definition) is 5.